The maximum absolute atomic E-state index is 11.9. The van der Waals surface area contributed by atoms with Gasteiger partial charge in [0.1, 0.15) is 11.5 Å². The molecule has 0 aromatic heterocycles. The zero-order valence-corrected chi connectivity index (χ0v) is 13.6. The van der Waals surface area contributed by atoms with Gasteiger partial charge in [-0.1, -0.05) is 17.7 Å². The van der Waals surface area contributed by atoms with Crippen LogP contribution in [-0.4, -0.2) is 13.0 Å². The van der Waals surface area contributed by atoms with Crippen molar-refractivity contribution >= 4 is 23.2 Å². The third-order valence-corrected chi connectivity index (χ3v) is 3.31. The van der Waals surface area contributed by atoms with Gasteiger partial charge in [-0.15, -0.1) is 6.58 Å². The average Bonchev–Trinajstić information content (AvgIpc) is 2.56. The lowest BCUT2D eigenvalue weighted by Gasteiger charge is -2.13. The molecule has 2 aromatic rings. The van der Waals surface area contributed by atoms with Gasteiger partial charge in [0.25, 0.3) is 0 Å². The van der Waals surface area contributed by atoms with Crippen LogP contribution in [0.15, 0.2) is 55.1 Å². The van der Waals surface area contributed by atoms with Gasteiger partial charge in [-0.2, -0.15) is 0 Å². The van der Waals surface area contributed by atoms with Crippen LogP contribution >= 0.6 is 11.6 Å². The molecular weight excluding hydrogens is 314 g/mol. The molecule has 23 heavy (non-hydrogen) atoms. The predicted octanol–water partition coefficient (Wildman–Crippen LogP) is 5.05. The monoisotopic (exact) mass is 331 g/mol. The van der Waals surface area contributed by atoms with E-state index in [1.807, 2.05) is 0 Å². The quantitative estimate of drug-likeness (QED) is 0.722. The standard InChI is InChI=1S/C18H18ClNO3/c1-3-4-5-18(21)20-16-12-13(19)6-11-17(16)23-15-9-7-14(22-2)8-10-15/h3,6-12H,1,4-5H2,2H3,(H,20,21). The molecule has 4 nitrogen and oxygen atoms in total. The van der Waals surface area contributed by atoms with Crippen molar-refractivity contribution in [1.29, 1.82) is 0 Å². The van der Waals surface area contributed by atoms with Crippen LogP contribution in [0.2, 0.25) is 5.02 Å². The van der Waals surface area contributed by atoms with Crippen molar-refractivity contribution in [3.05, 3.63) is 60.1 Å². The summed E-state index contributed by atoms with van der Waals surface area (Å²) in [6, 6.07) is 12.3. The van der Waals surface area contributed by atoms with Crippen molar-refractivity contribution in [3.8, 4) is 17.2 Å². The summed E-state index contributed by atoms with van der Waals surface area (Å²) in [7, 11) is 1.60. The Balaban J connectivity index is 2.16. The van der Waals surface area contributed by atoms with Crippen molar-refractivity contribution in [2.24, 2.45) is 0 Å². The number of anilines is 1. The first kappa shape index (κ1) is 16.9. The van der Waals surface area contributed by atoms with Gasteiger partial charge in [-0.3, -0.25) is 4.79 Å². The first-order valence-electron chi connectivity index (χ1n) is 7.14. The number of ether oxygens (including phenoxy) is 2. The van der Waals surface area contributed by atoms with Crippen LogP contribution in [-0.2, 0) is 4.79 Å². The Bertz CT molecular complexity index is 683. The molecule has 120 valence electrons. The van der Waals surface area contributed by atoms with Crippen LogP contribution in [0.25, 0.3) is 0 Å². The second-order valence-electron chi connectivity index (χ2n) is 4.79. The van der Waals surface area contributed by atoms with Crippen molar-refractivity contribution < 1.29 is 14.3 Å². The Labute approximate surface area is 140 Å². The summed E-state index contributed by atoms with van der Waals surface area (Å²) in [4.78, 5) is 11.9. The molecule has 5 heteroatoms. The number of carbonyl (C=O) groups excluding carboxylic acids is 1. The molecule has 0 bridgehead atoms. The maximum Gasteiger partial charge on any atom is 0.224 e. The molecule has 2 rings (SSSR count). The summed E-state index contributed by atoms with van der Waals surface area (Å²) >= 11 is 6.01. The van der Waals surface area contributed by atoms with Crippen molar-refractivity contribution in [3.63, 3.8) is 0 Å². The molecule has 0 spiro atoms. The summed E-state index contributed by atoms with van der Waals surface area (Å²) in [5.41, 5.74) is 0.530. The largest absolute Gasteiger partial charge is 0.497 e. The summed E-state index contributed by atoms with van der Waals surface area (Å²) < 4.78 is 10.9. The van der Waals surface area contributed by atoms with Crippen molar-refractivity contribution in [1.82, 2.24) is 0 Å². The van der Waals surface area contributed by atoms with Gasteiger partial charge in [0, 0.05) is 11.4 Å². The Morgan fingerprint density at radius 3 is 2.57 bits per heavy atom. The SMILES string of the molecule is C=CCCC(=O)Nc1cc(Cl)ccc1Oc1ccc(OC)cc1. The number of allylic oxidation sites excluding steroid dienone is 1. The van der Waals surface area contributed by atoms with E-state index in [0.29, 0.717) is 35.1 Å². The molecule has 0 atom stereocenters. The maximum atomic E-state index is 11.9. The Morgan fingerprint density at radius 1 is 1.22 bits per heavy atom. The summed E-state index contributed by atoms with van der Waals surface area (Å²) in [5.74, 6) is 1.78. The van der Waals surface area contributed by atoms with Gasteiger partial charge in [0.05, 0.1) is 12.8 Å². The molecule has 1 amide bonds. The molecule has 0 unspecified atom stereocenters. The third kappa shape index (κ3) is 5.04. The number of benzene rings is 2. The van der Waals surface area contributed by atoms with E-state index in [9.17, 15) is 4.79 Å². The normalized spacial score (nSPS) is 10.0. The molecule has 0 aliphatic rings. The van der Waals surface area contributed by atoms with E-state index in [2.05, 4.69) is 11.9 Å². The van der Waals surface area contributed by atoms with Crippen molar-refractivity contribution in [2.75, 3.05) is 12.4 Å². The predicted molar refractivity (Wildman–Crippen MR) is 92.6 cm³/mol. The summed E-state index contributed by atoms with van der Waals surface area (Å²) in [5, 5.41) is 3.33. The molecule has 0 radical (unpaired) electrons. The first-order chi connectivity index (χ1) is 11.1. The minimum atomic E-state index is -0.119. The van der Waals surface area contributed by atoms with E-state index >= 15 is 0 Å². The lowest BCUT2D eigenvalue weighted by atomic mass is 10.2. The third-order valence-electron chi connectivity index (χ3n) is 3.08. The van der Waals surface area contributed by atoms with E-state index in [1.165, 1.54) is 0 Å². The van der Waals surface area contributed by atoms with Crippen molar-refractivity contribution in [2.45, 2.75) is 12.8 Å². The van der Waals surface area contributed by atoms with Crippen LogP contribution in [0.5, 0.6) is 17.2 Å². The topological polar surface area (TPSA) is 47.6 Å². The van der Waals surface area contributed by atoms with E-state index in [1.54, 1.807) is 55.7 Å². The zero-order chi connectivity index (χ0) is 16.7. The van der Waals surface area contributed by atoms with Gasteiger partial charge in [-0.05, 0) is 48.9 Å². The second-order valence-corrected chi connectivity index (χ2v) is 5.23. The number of rotatable bonds is 7. The molecule has 2 aromatic carbocycles. The number of hydrogen-bond acceptors (Lipinski definition) is 3. The van der Waals surface area contributed by atoms with Crippen LogP contribution in [0, 0.1) is 0 Å². The Hall–Kier alpha value is -2.46. The highest BCUT2D eigenvalue weighted by Crippen LogP contribution is 2.32. The van der Waals surface area contributed by atoms with Gasteiger partial charge < -0.3 is 14.8 Å². The Morgan fingerprint density at radius 2 is 1.91 bits per heavy atom. The van der Waals surface area contributed by atoms with Gasteiger partial charge in [-0.25, -0.2) is 0 Å². The van der Waals surface area contributed by atoms with E-state index < -0.39 is 0 Å². The average molecular weight is 332 g/mol. The highest BCUT2D eigenvalue weighted by atomic mass is 35.5. The fraction of sp³-hybridized carbons (Fsp3) is 0.167. The minimum Gasteiger partial charge on any atom is -0.497 e. The smallest absolute Gasteiger partial charge is 0.224 e. The molecule has 1 N–H and O–H groups in total. The number of methoxy groups -OCH3 is 1. The number of carbonyl (C=O) groups is 1. The van der Waals surface area contributed by atoms with E-state index in [-0.39, 0.29) is 5.91 Å². The fourth-order valence-electron chi connectivity index (χ4n) is 1.91. The van der Waals surface area contributed by atoms with Crippen LogP contribution in [0.3, 0.4) is 0 Å². The summed E-state index contributed by atoms with van der Waals surface area (Å²) in [6.45, 7) is 3.61. The lowest BCUT2D eigenvalue weighted by molar-refractivity contribution is -0.116. The minimum absolute atomic E-state index is 0.119. The van der Waals surface area contributed by atoms with Gasteiger partial charge >= 0.3 is 0 Å². The molecule has 0 fully saturated rings. The second kappa shape index (κ2) is 8.25. The van der Waals surface area contributed by atoms with Gasteiger partial charge in [0.2, 0.25) is 5.91 Å². The van der Waals surface area contributed by atoms with E-state index in [4.69, 9.17) is 21.1 Å². The van der Waals surface area contributed by atoms with Crippen LogP contribution < -0.4 is 14.8 Å². The molecule has 0 aliphatic heterocycles. The van der Waals surface area contributed by atoms with Gasteiger partial charge in [0.15, 0.2) is 5.75 Å². The highest BCUT2D eigenvalue weighted by molar-refractivity contribution is 6.31. The molecular formula is C18H18ClNO3. The lowest BCUT2D eigenvalue weighted by Crippen LogP contribution is -2.11. The van der Waals surface area contributed by atoms with Crippen LogP contribution in [0.1, 0.15) is 12.8 Å². The number of hydrogen-bond donors (Lipinski definition) is 1. The van der Waals surface area contributed by atoms with E-state index in [0.717, 1.165) is 5.75 Å². The number of halogens is 1. The number of nitrogens with one attached hydrogen (secondary N) is 1. The molecule has 0 aliphatic carbocycles. The summed E-state index contributed by atoms with van der Waals surface area (Å²) in [6.07, 6.45) is 2.67. The Kier molecular flexibility index (Phi) is 6.06. The highest BCUT2D eigenvalue weighted by Gasteiger charge is 2.10. The van der Waals surface area contributed by atoms with Crippen LogP contribution in [0.4, 0.5) is 5.69 Å². The molecule has 0 saturated carbocycles. The molecule has 0 heterocycles. The fourth-order valence-corrected chi connectivity index (χ4v) is 2.08. The number of amides is 1. The zero-order valence-electron chi connectivity index (χ0n) is 12.8. The first-order valence-corrected chi connectivity index (χ1v) is 7.52. The molecule has 0 saturated heterocycles.